The Morgan fingerprint density at radius 3 is 2.12 bits per heavy atom. The van der Waals surface area contributed by atoms with Crippen LogP contribution in [0.25, 0.3) is 22.3 Å². The van der Waals surface area contributed by atoms with E-state index in [0.717, 1.165) is 0 Å². The van der Waals surface area contributed by atoms with Crippen molar-refractivity contribution in [1.82, 2.24) is 0 Å². The Balaban J connectivity index is 2.38. The van der Waals surface area contributed by atoms with Crippen LogP contribution < -0.4 is 19.6 Å². The highest BCUT2D eigenvalue weighted by atomic mass is 16.5. The zero-order valence-corrected chi connectivity index (χ0v) is 13.5. The van der Waals surface area contributed by atoms with Crippen molar-refractivity contribution in [3.8, 4) is 34.3 Å². The average Bonchev–Trinajstić information content (AvgIpc) is 2.61. The van der Waals surface area contributed by atoms with E-state index in [9.17, 15) is 9.90 Å². The van der Waals surface area contributed by atoms with Crippen LogP contribution in [0.15, 0.2) is 45.6 Å². The summed E-state index contributed by atoms with van der Waals surface area (Å²) in [6.45, 7) is 0. The first-order valence-electron chi connectivity index (χ1n) is 7.16. The van der Waals surface area contributed by atoms with Gasteiger partial charge >= 0.3 is 0 Å². The Kier molecular flexibility index (Phi) is 4.04. The normalized spacial score (nSPS) is 10.6. The highest BCUT2D eigenvalue weighted by Crippen LogP contribution is 2.38. The number of hydrogen-bond acceptors (Lipinski definition) is 6. The molecule has 0 saturated carbocycles. The first-order chi connectivity index (χ1) is 11.6. The molecule has 0 aliphatic heterocycles. The van der Waals surface area contributed by atoms with Gasteiger partial charge in [0.05, 0.1) is 21.3 Å². The third kappa shape index (κ3) is 2.42. The lowest BCUT2D eigenvalue weighted by Gasteiger charge is -2.13. The number of methoxy groups -OCH3 is 3. The quantitative estimate of drug-likeness (QED) is 0.792. The van der Waals surface area contributed by atoms with Crippen LogP contribution in [0, 0.1) is 0 Å². The molecular formula is C18H16O6. The van der Waals surface area contributed by atoms with Gasteiger partial charge in [-0.3, -0.25) is 4.79 Å². The molecule has 3 aromatic rings. The summed E-state index contributed by atoms with van der Waals surface area (Å²) < 4.78 is 21.7. The zero-order valence-electron chi connectivity index (χ0n) is 13.5. The fourth-order valence-corrected chi connectivity index (χ4v) is 2.57. The van der Waals surface area contributed by atoms with Gasteiger partial charge in [-0.25, -0.2) is 0 Å². The summed E-state index contributed by atoms with van der Waals surface area (Å²) in [7, 11) is 4.35. The third-order valence-electron chi connectivity index (χ3n) is 3.69. The van der Waals surface area contributed by atoms with Crippen molar-refractivity contribution < 1.29 is 23.7 Å². The average molecular weight is 328 g/mol. The SMILES string of the molecule is COc1ccc2oc(-c3ccc(O)cc3)c(OC)c(=O)c2c1OC. The van der Waals surface area contributed by atoms with E-state index in [2.05, 4.69) is 0 Å². The first-order valence-corrected chi connectivity index (χ1v) is 7.16. The van der Waals surface area contributed by atoms with Crippen LogP contribution >= 0.6 is 0 Å². The standard InChI is InChI=1S/C18H16O6/c1-21-13-9-8-12-14(17(13)22-2)15(20)18(23-3)16(24-12)10-4-6-11(19)7-5-10/h4-9,19H,1-3H3. The van der Waals surface area contributed by atoms with Crippen molar-refractivity contribution in [3.05, 3.63) is 46.6 Å². The molecule has 0 saturated heterocycles. The van der Waals surface area contributed by atoms with Crippen LogP contribution in [0.2, 0.25) is 0 Å². The van der Waals surface area contributed by atoms with Gasteiger partial charge in [0.15, 0.2) is 17.3 Å². The number of rotatable bonds is 4. The smallest absolute Gasteiger partial charge is 0.239 e. The second-order valence-corrected chi connectivity index (χ2v) is 5.01. The molecule has 1 aromatic heterocycles. The van der Waals surface area contributed by atoms with E-state index in [1.807, 2.05) is 0 Å². The molecule has 0 unspecified atom stereocenters. The molecule has 0 aliphatic rings. The minimum Gasteiger partial charge on any atom is -0.508 e. The fourth-order valence-electron chi connectivity index (χ4n) is 2.57. The van der Waals surface area contributed by atoms with E-state index in [4.69, 9.17) is 18.6 Å². The van der Waals surface area contributed by atoms with Gasteiger partial charge in [-0.1, -0.05) is 0 Å². The lowest BCUT2D eigenvalue weighted by Crippen LogP contribution is -2.09. The van der Waals surface area contributed by atoms with Gasteiger partial charge in [-0.15, -0.1) is 0 Å². The molecule has 2 aromatic carbocycles. The van der Waals surface area contributed by atoms with Gasteiger partial charge in [0, 0.05) is 5.56 Å². The second kappa shape index (κ2) is 6.16. The number of phenols is 1. The Hall–Kier alpha value is -3.15. The predicted molar refractivity (Wildman–Crippen MR) is 89.2 cm³/mol. The molecule has 0 spiro atoms. The van der Waals surface area contributed by atoms with Crippen molar-refractivity contribution >= 4 is 11.0 Å². The van der Waals surface area contributed by atoms with Crippen LogP contribution in [0.1, 0.15) is 0 Å². The highest BCUT2D eigenvalue weighted by molar-refractivity contribution is 5.89. The number of hydrogen-bond donors (Lipinski definition) is 1. The van der Waals surface area contributed by atoms with Gasteiger partial charge in [-0.2, -0.15) is 0 Å². The van der Waals surface area contributed by atoms with Crippen molar-refractivity contribution in [1.29, 1.82) is 0 Å². The number of aromatic hydroxyl groups is 1. The van der Waals surface area contributed by atoms with Gasteiger partial charge in [0.25, 0.3) is 0 Å². The van der Waals surface area contributed by atoms with E-state index in [1.54, 1.807) is 24.3 Å². The Morgan fingerprint density at radius 2 is 1.54 bits per heavy atom. The van der Waals surface area contributed by atoms with E-state index in [1.165, 1.54) is 33.5 Å². The molecule has 6 heteroatoms. The van der Waals surface area contributed by atoms with E-state index in [-0.39, 0.29) is 28.1 Å². The largest absolute Gasteiger partial charge is 0.508 e. The molecule has 0 amide bonds. The van der Waals surface area contributed by atoms with Gasteiger partial charge < -0.3 is 23.7 Å². The molecule has 1 heterocycles. The maximum absolute atomic E-state index is 12.9. The van der Waals surface area contributed by atoms with Crippen molar-refractivity contribution in [2.24, 2.45) is 0 Å². The van der Waals surface area contributed by atoms with E-state index in [0.29, 0.717) is 22.6 Å². The van der Waals surface area contributed by atoms with E-state index >= 15 is 0 Å². The number of ether oxygens (including phenoxy) is 3. The van der Waals surface area contributed by atoms with Crippen molar-refractivity contribution in [2.75, 3.05) is 21.3 Å². The Morgan fingerprint density at radius 1 is 0.875 bits per heavy atom. The van der Waals surface area contributed by atoms with Gasteiger partial charge in [-0.05, 0) is 36.4 Å². The fraction of sp³-hybridized carbons (Fsp3) is 0.167. The van der Waals surface area contributed by atoms with Crippen LogP contribution in [-0.4, -0.2) is 26.4 Å². The maximum atomic E-state index is 12.9. The molecule has 0 fully saturated rings. The summed E-state index contributed by atoms with van der Waals surface area (Å²) in [5.41, 5.74) is 0.595. The highest BCUT2D eigenvalue weighted by Gasteiger charge is 2.21. The van der Waals surface area contributed by atoms with Crippen LogP contribution in [0.4, 0.5) is 0 Å². The Bertz CT molecular complexity index is 940. The van der Waals surface area contributed by atoms with Crippen molar-refractivity contribution in [2.45, 2.75) is 0 Å². The molecule has 0 aliphatic carbocycles. The van der Waals surface area contributed by atoms with Crippen LogP contribution in [0.3, 0.4) is 0 Å². The van der Waals surface area contributed by atoms with Crippen molar-refractivity contribution in [3.63, 3.8) is 0 Å². The molecule has 0 radical (unpaired) electrons. The van der Waals surface area contributed by atoms with Crippen LogP contribution in [-0.2, 0) is 0 Å². The summed E-state index contributed by atoms with van der Waals surface area (Å²) in [4.78, 5) is 12.9. The lowest BCUT2D eigenvalue weighted by molar-refractivity contribution is 0.356. The third-order valence-corrected chi connectivity index (χ3v) is 3.69. The summed E-state index contributed by atoms with van der Waals surface area (Å²) >= 11 is 0. The molecule has 1 N–H and O–H groups in total. The number of fused-ring (bicyclic) bond motifs is 1. The molecule has 124 valence electrons. The Labute approximate surface area is 137 Å². The minimum atomic E-state index is -0.363. The lowest BCUT2D eigenvalue weighted by atomic mass is 10.1. The number of phenolic OH excluding ortho intramolecular Hbond substituents is 1. The second-order valence-electron chi connectivity index (χ2n) is 5.01. The maximum Gasteiger partial charge on any atom is 0.239 e. The molecular weight excluding hydrogens is 312 g/mol. The van der Waals surface area contributed by atoms with Gasteiger partial charge in [0.1, 0.15) is 16.7 Å². The molecule has 24 heavy (non-hydrogen) atoms. The monoisotopic (exact) mass is 328 g/mol. The zero-order chi connectivity index (χ0) is 17.3. The topological polar surface area (TPSA) is 78.1 Å². The minimum absolute atomic E-state index is 0.0553. The molecule has 0 bridgehead atoms. The molecule has 3 rings (SSSR count). The van der Waals surface area contributed by atoms with Gasteiger partial charge in [0.2, 0.25) is 11.2 Å². The predicted octanol–water partition coefficient (Wildman–Crippen LogP) is 3.19. The summed E-state index contributed by atoms with van der Waals surface area (Å²) in [6.07, 6.45) is 0. The summed E-state index contributed by atoms with van der Waals surface area (Å²) in [6, 6.07) is 9.60. The first kappa shape index (κ1) is 15.7. The summed E-state index contributed by atoms with van der Waals surface area (Å²) in [5.74, 6) is 1.17. The molecule has 6 nitrogen and oxygen atoms in total. The number of benzene rings is 2. The van der Waals surface area contributed by atoms with E-state index < -0.39 is 0 Å². The summed E-state index contributed by atoms with van der Waals surface area (Å²) in [5, 5.41) is 9.67. The van der Waals surface area contributed by atoms with Crippen LogP contribution in [0.5, 0.6) is 23.0 Å². The molecule has 0 atom stereocenters.